The minimum absolute atomic E-state index is 0.0152. The fraction of sp³-hybridized carbons (Fsp3) is 0.857. The van der Waals surface area contributed by atoms with Crippen LogP contribution < -0.4 is 0 Å². The van der Waals surface area contributed by atoms with Crippen LogP contribution in [0.15, 0.2) is 0 Å². The van der Waals surface area contributed by atoms with Gasteiger partial charge in [0, 0.05) is 18.6 Å². The third kappa shape index (κ3) is 2.61. The van der Waals surface area contributed by atoms with Crippen molar-refractivity contribution in [2.75, 3.05) is 20.8 Å². The van der Waals surface area contributed by atoms with Gasteiger partial charge in [0.05, 0.1) is 13.7 Å². The molecular weight excluding hydrogens is 262 g/mol. The first-order chi connectivity index (χ1) is 9.24. The van der Waals surface area contributed by atoms with E-state index in [1.54, 1.807) is 7.11 Å². The SMILES string of the molecule is COC[C@@]12C[C@@H]1N(C(=O)OC(C)(C)C)[C@H](C(=O)OC)C2. The number of carbonyl (C=O) groups is 2. The second kappa shape index (κ2) is 4.91. The van der Waals surface area contributed by atoms with Crippen molar-refractivity contribution in [2.24, 2.45) is 5.41 Å². The maximum Gasteiger partial charge on any atom is 0.411 e. The molecular formula is C14H23NO5. The van der Waals surface area contributed by atoms with Crippen LogP contribution in [0.3, 0.4) is 0 Å². The standard InChI is InChI=1S/C14H23NO5/c1-13(2,3)20-12(17)15-9(11(16)19-5)6-14(8-18-4)7-10(14)15/h9-10H,6-8H2,1-5H3/t9-,10-,14+/m0/s1. The molecule has 0 bridgehead atoms. The van der Waals surface area contributed by atoms with Crippen LogP contribution in [-0.4, -0.2) is 55.5 Å². The largest absolute Gasteiger partial charge is 0.467 e. The Kier molecular flexibility index (Phi) is 3.71. The molecule has 0 spiro atoms. The van der Waals surface area contributed by atoms with E-state index in [1.807, 2.05) is 20.8 Å². The van der Waals surface area contributed by atoms with E-state index in [9.17, 15) is 9.59 Å². The lowest BCUT2D eigenvalue weighted by atomic mass is 10.0. The van der Waals surface area contributed by atoms with Crippen LogP contribution in [0.1, 0.15) is 33.6 Å². The third-order valence-electron chi connectivity index (χ3n) is 3.93. The second-order valence-electron chi connectivity index (χ2n) is 6.65. The van der Waals surface area contributed by atoms with E-state index < -0.39 is 23.7 Å². The number of fused-ring (bicyclic) bond motifs is 1. The minimum Gasteiger partial charge on any atom is -0.467 e. The Labute approximate surface area is 119 Å². The predicted molar refractivity (Wildman–Crippen MR) is 71.2 cm³/mol. The van der Waals surface area contributed by atoms with Gasteiger partial charge in [-0.2, -0.15) is 0 Å². The van der Waals surface area contributed by atoms with Crippen LogP contribution in [0.4, 0.5) is 4.79 Å². The van der Waals surface area contributed by atoms with Crippen LogP contribution >= 0.6 is 0 Å². The van der Waals surface area contributed by atoms with Crippen LogP contribution in [0.2, 0.25) is 0 Å². The summed E-state index contributed by atoms with van der Waals surface area (Å²) < 4.78 is 15.4. The zero-order chi connectivity index (χ0) is 15.1. The number of ether oxygens (including phenoxy) is 3. The zero-order valence-corrected chi connectivity index (χ0v) is 12.8. The molecule has 6 nitrogen and oxygen atoms in total. The quantitative estimate of drug-likeness (QED) is 0.736. The molecule has 2 rings (SSSR count). The molecule has 2 fully saturated rings. The number of piperidine rings is 1. The lowest BCUT2D eigenvalue weighted by Gasteiger charge is -2.29. The first-order valence-electron chi connectivity index (χ1n) is 6.82. The third-order valence-corrected chi connectivity index (χ3v) is 3.93. The highest BCUT2D eigenvalue weighted by Gasteiger charge is 2.68. The Morgan fingerprint density at radius 3 is 2.40 bits per heavy atom. The summed E-state index contributed by atoms with van der Waals surface area (Å²) in [5.41, 5.74) is -0.691. The molecule has 1 saturated carbocycles. The van der Waals surface area contributed by atoms with Crippen molar-refractivity contribution in [2.45, 2.75) is 51.3 Å². The summed E-state index contributed by atoms with van der Waals surface area (Å²) in [5, 5.41) is 0. The Morgan fingerprint density at radius 2 is 1.90 bits per heavy atom. The van der Waals surface area contributed by atoms with E-state index in [0.717, 1.165) is 6.42 Å². The highest BCUT2D eigenvalue weighted by Crippen LogP contribution is 2.60. The number of likely N-dealkylation sites (tertiary alicyclic amines) is 1. The molecule has 1 aliphatic carbocycles. The normalized spacial score (nSPS) is 31.8. The molecule has 2 aliphatic rings. The summed E-state index contributed by atoms with van der Waals surface area (Å²) in [4.78, 5) is 25.8. The number of carbonyl (C=O) groups excluding carboxylic acids is 2. The predicted octanol–water partition coefficient (Wildman–Crippen LogP) is 1.57. The van der Waals surface area contributed by atoms with Crippen molar-refractivity contribution in [1.82, 2.24) is 4.90 Å². The van der Waals surface area contributed by atoms with Gasteiger partial charge in [-0.05, 0) is 33.6 Å². The van der Waals surface area contributed by atoms with Gasteiger partial charge in [-0.25, -0.2) is 9.59 Å². The molecule has 0 aromatic heterocycles. The average Bonchev–Trinajstić information content (AvgIpc) is 2.91. The maximum atomic E-state index is 12.3. The number of hydrogen-bond acceptors (Lipinski definition) is 5. The Hall–Kier alpha value is -1.30. The minimum atomic E-state index is -0.584. The molecule has 20 heavy (non-hydrogen) atoms. The molecule has 0 N–H and O–H groups in total. The Morgan fingerprint density at radius 1 is 1.25 bits per heavy atom. The van der Waals surface area contributed by atoms with Crippen molar-refractivity contribution in [1.29, 1.82) is 0 Å². The van der Waals surface area contributed by atoms with E-state index in [4.69, 9.17) is 14.2 Å². The van der Waals surface area contributed by atoms with Gasteiger partial charge in [-0.3, -0.25) is 4.90 Å². The number of esters is 1. The fourth-order valence-electron chi connectivity index (χ4n) is 3.04. The van der Waals surface area contributed by atoms with Gasteiger partial charge in [0.25, 0.3) is 0 Å². The molecule has 0 radical (unpaired) electrons. The van der Waals surface area contributed by atoms with Crippen molar-refractivity contribution in [3.8, 4) is 0 Å². The molecule has 6 heteroatoms. The van der Waals surface area contributed by atoms with Crippen LogP contribution in [0, 0.1) is 5.41 Å². The molecule has 1 aliphatic heterocycles. The molecule has 3 atom stereocenters. The van der Waals surface area contributed by atoms with Gasteiger partial charge in [-0.15, -0.1) is 0 Å². The molecule has 1 saturated heterocycles. The number of methoxy groups -OCH3 is 2. The van der Waals surface area contributed by atoms with Gasteiger partial charge in [0.2, 0.25) is 0 Å². The molecule has 0 aromatic carbocycles. The van der Waals surface area contributed by atoms with Gasteiger partial charge >= 0.3 is 12.1 Å². The van der Waals surface area contributed by atoms with Crippen molar-refractivity contribution < 1.29 is 23.8 Å². The first-order valence-corrected chi connectivity index (χ1v) is 6.82. The lowest BCUT2D eigenvalue weighted by Crippen LogP contribution is -2.46. The van der Waals surface area contributed by atoms with Crippen LogP contribution in [-0.2, 0) is 19.0 Å². The average molecular weight is 285 g/mol. The van der Waals surface area contributed by atoms with Crippen molar-refractivity contribution in [3.63, 3.8) is 0 Å². The summed E-state index contributed by atoms with van der Waals surface area (Å²) in [5.74, 6) is -0.390. The second-order valence-corrected chi connectivity index (χ2v) is 6.65. The van der Waals surface area contributed by atoms with Crippen molar-refractivity contribution in [3.05, 3.63) is 0 Å². The van der Waals surface area contributed by atoms with Gasteiger partial charge in [-0.1, -0.05) is 0 Å². The summed E-state index contributed by atoms with van der Waals surface area (Å²) in [6.45, 7) is 5.97. The Balaban J connectivity index is 2.16. The van der Waals surface area contributed by atoms with E-state index in [1.165, 1.54) is 12.0 Å². The summed E-state index contributed by atoms with van der Waals surface area (Å²) in [6.07, 6.45) is 0.985. The molecule has 114 valence electrons. The summed E-state index contributed by atoms with van der Waals surface area (Å²) in [7, 11) is 2.97. The zero-order valence-electron chi connectivity index (χ0n) is 12.8. The molecule has 0 aromatic rings. The monoisotopic (exact) mass is 285 g/mol. The Bertz CT molecular complexity index is 416. The highest BCUT2D eigenvalue weighted by atomic mass is 16.6. The highest BCUT2D eigenvalue weighted by molar-refractivity contribution is 5.83. The number of hydrogen-bond donors (Lipinski definition) is 0. The van der Waals surface area contributed by atoms with Gasteiger partial charge < -0.3 is 14.2 Å². The van der Waals surface area contributed by atoms with E-state index in [-0.39, 0.29) is 11.5 Å². The number of rotatable bonds is 3. The summed E-state index contributed by atoms with van der Waals surface area (Å²) >= 11 is 0. The summed E-state index contributed by atoms with van der Waals surface area (Å²) in [6, 6.07) is -0.551. The fourth-order valence-corrected chi connectivity index (χ4v) is 3.04. The molecule has 1 heterocycles. The number of amides is 1. The van der Waals surface area contributed by atoms with E-state index in [2.05, 4.69) is 0 Å². The molecule has 0 unspecified atom stereocenters. The number of nitrogens with zero attached hydrogens (tertiary/aromatic N) is 1. The smallest absolute Gasteiger partial charge is 0.411 e. The van der Waals surface area contributed by atoms with Crippen LogP contribution in [0.25, 0.3) is 0 Å². The van der Waals surface area contributed by atoms with Gasteiger partial charge in [0.1, 0.15) is 11.6 Å². The van der Waals surface area contributed by atoms with Crippen LogP contribution in [0.5, 0.6) is 0 Å². The first kappa shape index (κ1) is 15.1. The lowest BCUT2D eigenvalue weighted by molar-refractivity contribution is -0.146. The van der Waals surface area contributed by atoms with E-state index >= 15 is 0 Å². The topological polar surface area (TPSA) is 65.1 Å². The van der Waals surface area contributed by atoms with E-state index in [0.29, 0.717) is 13.0 Å². The van der Waals surface area contributed by atoms with Gasteiger partial charge in [0.15, 0.2) is 0 Å². The maximum absolute atomic E-state index is 12.3. The van der Waals surface area contributed by atoms with Crippen molar-refractivity contribution >= 4 is 12.1 Å². The molecule has 1 amide bonds.